The smallest absolute Gasteiger partial charge is 0.419 e. The maximum atomic E-state index is 14.7. The molecule has 0 saturated carbocycles. The van der Waals surface area contributed by atoms with Crippen molar-refractivity contribution >= 4 is 17.2 Å². The number of carbonyl (C=O) groups is 1. The number of nitrogens with zero attached hydrogens (tertiary/aromatic N) is 2. The molecule has 0 spiro atoms. The lowest BCUT2D eigenvalue weighted by Crippen LogP contribution is -2.39. The lowest BCUT2D eigenvalue weighted by Gasteiger charge is -2.21. The highest BCUT2D eigenvalue weighted by molar-refractivity contribution is 5.80. The first-order valence-corrected chi connectivity index (χ1v) is 9.35. The standard InChI is InChI=1S/C22H22FN3O4/c1-22(2,3)30-20(27)25-16(12-24)9-15-6-5-13(10-17(15)23)14-7-8-19-18(11-14)26(4)21(28)29-19/h5-8,10-11,16H,9H2,1-4H3,(H,25,27)/t16-/m0/s1. The Balaban J connectivity index is 1.79. The Morgan fingerprint density at radius 3 is 2.57 bits per heavy atom. The van der Waals surface area contributed by atoms with Crippen molar-refractivity contribution in [2.75, 3.05) is 0 Å². The molecule has 1 heterocycles. The lowest BCUT2D eigenvalue weighted by atomic mass is 10.00. The fraction of sp³-hybridized carbons (Fsp3) is 0.318. The number of nitrogens with one attached hydrogen (secondary N) is 1. The molecule has 0 unspecified atom stereocenters. The van der Waals surface area contributed by atoms with Gasteiger partial charge in [0.25, 0.3) is 0 Å². The second kappa shape index (κ2) is 8.03. The third kappa shape index (κ3) is 4.69. The Morgan fingerprint density at radius 1 is 1.27 bits per heavy atom. The van der Waals surface area contributed by atoms with Crippen molar-refractivity contribution < 1.29 is 18.3 Å². The molecule has 0 bridgehead atoms. The summed E-state index contributed by atoms with van der Waals surface area (Å²) in [6.45, 7) is 5.14. The van der Waals surface area contributed by atoms with Crippen LogP contribution in [0, 0.1) is 17.1 Å². The third-order valence-corrected chi connectivity index (χ3v) is 4.45. The van der Waals surface area contributed by atoms with E-state index >= 15 is 0 Å². The number of oxazole rings is 1. The van der Waals surface area contributed by atoms with E-state index in [1.165, 1.54) is 10.6 Å². The van der Waals surface area contributed by atoms with E-state index in [9.17, 15) is 19.2 Å². The molecule has 1 amide bonds. The number of amides is 1. The van der Waals surface area contributed by atoms with Gasteiger partial charge >= 0.3 is 11.8 Å². The molecule has 2 aromatic carbocycles. The molecule has 8 heteroatoms. The van der Waals surface area contributed by atoms with Gasteiger partial charge in [0, 0.05) is 13.5 Å². The van der Waals surface area contributed by atoms with Gasteiger partial charge in [-0.2, -0.15) is 5.26 Å². The lowest BCUT2D eigenvalue weighted by molar-refractivity contribution is 0.0515. The van der Waals surface area contributed by atoms with Gasteiger partial charge in [0.15, 0.2) is 5.58 Å². The van der Waals surface area contributed by atoms with E-state index in [4.69, 9.17) is 9.15 Å². The van der Waals surface area contributed by atoms with Crippen molar-refractivity contribution in [2.45, 2.75) is 38.8 Å². The molecule has 1 atom stereocenters. The number of fused-ring (bicyclic) bond motifs is 1. The van der Waals surface area contributed by atoms with Crippen LogP contribution in [0.4, 0.5) is 9.18 Å². The van der Waals surface area contributed by atoms with Crippen LogP contribution in [0.25, 0.3) is 22.2 Å². The Hall–Kier alpha value is -3.60. The summed E-state index contributed by atoms with van der Waals surface area (Å²) in [5.74, 6) is -0.969. The summed E-state index contributed by atoms with van der Waals surface area (Å²) in [5.41, 5.74) is 1.98. The number of halogens is 1. The van der Waals surface area contributed by atoms with Gasteiger partial charge < -0.3 is 14.5 Å². The number of benzene rings is 2. The van der Waals surface area contributed by atoms with Crippen molar-refractivity contribution in [1.82, 2.24) is 9.88 Å². The quantitative estimate of drug-likeness (QED) is 0.702. The van der Waals surface area contributed by atoms with E-state index in [2.05, 4.69) is 5.32 Å². The van der Waals surface area contributed by atoms with Crippen LogP contribution < -0.4 is 11.1 Å². The maximum absolute atomic E-state index is 14.7. The highest BCUT2D eigenvalue weighted by Gasteiger charge is 2.20. The Morgan fingerprint density at radius 2 is 1.93 bits per heavy atom. The van der Waals surface area contributed by atoms with Gasteiger partial charge in [-0.3, -0.25) is 4.57 Å². The monoisotopic (exact) mass is 411 g/mol. The highest BCUT2D eigenvalue weighted by atomic mass is 19.1. The summed E-state index contributed by atoms with van der Waals surface area (Å²) in [5, 5.41) is 11.7. The molecule has 1 N–H and O–H groups in total. The van der Waals surface area contributed by atoms with E-state index in [0.29, 0.717) is 22.2 Å². The molecule has 0 aliphatic carbocycles. The predicted octanol–water partition coefficient (Wildman–Crippen LogP) is 3.90. The largest absolute Gasteiger partial charge is 0.444 e. The normalized spacial score (nSPS) is 12.4. The number of aryl methyl sites for hydroxylation is 1. The number of rotatable bonds is 4. The fourth-order valence-corrected chi connectivity index (χ4v) is 3.00. The van der Waals surface area contributed by atoms with Crippen LogP contribution in [-0.4, -0.2) is 22.3 Å². The van der Waals surface area contributed by atoms with Crippen LogP contribution in [-0.2, 0) is 18.2 Å². The van der Waals surface area contributed by atoms with Crippen LogP contribution in [0.3, 0.4) is 0 Å². The molecular formula is C22H22FN3O4. The minimum absolute atomic E-state index is 0.00285. The molecule has 0 radical (unpaired) electrons. The average molecular weight is 411 g/mol. The second-order valence-corrected chi connectivity index (χ2v) is 7.95. The van der Waals surface area contributed by atoms with E-state index in [-0.39, 0.29) is 12.0 Å². The fourth-order valence-electron chi connectivity index (χ4n) is 3.00. The first-order chi connectivity index (χ1) is 14.1. The van der Waals surface area contributed by atoms with Gasteiger partial charge in [0.05, 0.1) is 11.6 Å². The number of alkyl carbamates (subject to hydrolysis) is 1. The molecule has 0 fully saturated rings. The van der Waals surface area contributed by atoms with Gasteiger partial charge in [-0.15, -0.1) is 0 Å². The minimum atomic E-state index is -0.933. The zero-order valence-corrected chi connectivity index (χ0v) is 17.2. The van der Waals surface area contributed by atoms with Crippen molar-refractivity contribution in [1.29, 1.82) is 5.26 Å². The summed E-state index contributed by atoms with van der Waals surface area (Å²) in [6, 6.07) is 10.8. The number of carbonyl (C=O) groups excluding carboxylic acids is 1. The van der Waals surface area contributed by atoms with E-state index < -0.39 is 29.3 Å². The Bertz CT molecular complexity index is 1200. The Labute approximate surface area is 172 Å². The molecular weight excluding hydrogens is 389 g/mol. The first kappa shape index (κ1) is 21.1. The highest BCUT2D eigenvalue weighted by Crippen LogP contribution is 2.26. The summed E-state index contributed by atoms with van der Waals surface area (Å²) in [6.07, 6.45) is -0.734. The first-order valence-electron chi connectivity index (χ1n) is 9.35. The third-order valence-electron chi connectivity index (χ3n) is 4.45. The molecule has 3 aromatic rings. The topological polar surface area (TPSA) is 97.3 Å². The van der Waals surface area contributed by atoms with Gasteiger partial charge in [-0.05, 0) is 55.7 Å². The van der Waals surface area contributed by atoms with Crippen LogP contribution >= 0.6 is 0 Å². The number of aromatic nitrogens is 1. The summed E-state index contributed by atoms with van der Waals surface area (Å²) in [4.78, 5) is 23.5. The number of ether oxygens (including phenoxy) is 1. The van der Waals surface area contributed by atoms with E-state index in [1.54, 1.807) is 58.2 Å². The molecule has 0 aliphatic heterocycles. The Kier molecular flexibility index (Phi) is 5.65. The molecule has 156 valence electrons. The zero-order chi connectivity index (χ0) is 22.1. The van der Waals surface area contributed by atoms with Crippen LogP contribution in [0.5, 0.6) is 0 Å². The molecule has 1 aromatic heterocycles. The second-order valence-electron chi connectivity index (χ2n) is 7.95. The number of nitriles is 1. The van der Waals surface area contributed by atoms with Gasteiger partial charge in [-0.1, -0.05) is 18.2 Å². The number of hydrogen-bond acceptors (Lipinski definition) is 5. The van der Waals surface area contributed by atoms with Crippen molar-refractivity contribution in [3.05, 3.63) is 58.3 Å². The van der Waals surface area contributed by atoms with Crippen molar-refractivity contribution in [3.63, 3.8) is 0 Å². The molecule has 7 nitrogen and oxygen atoms in total. The maximum Gasteiger partial charge on any atom is 0.419 e. The average Bonchev–Trinajstić information content (AvgIpc) is 2.94. The van der Waals surface area contributed by atoms with Crippen LogP contribution in [0.1, 0.15) is 26.3 Å². The molecule has 30 heavy (non-hydrogen) atoms. The van der Waals surface area contributed by atoms with Crippen LogP contribution in [0.15, 0.2) is 45.6 Å². The van der Waals surface area contributed by atoms with Gasteiger partial charge in [-0.25, -0.2) is 14.0 Å². The van der Waals surface area contributed by atoms with Crippen molar-refractivity contribution in [2.24, 2.45) is 7.05 Å². The molecule has 0 saturated heterocycles. The SMILES string of the molecule is Cn1c(=O)oc2ccc(-c3ccc(C[C@@H](C#N)NC(=O)OC(C)(C)C)c(F)c3)cc21. The zero-order valence-electron chi connectivity index (χ0n) is 17.2. The van der Waals surface area contributed by atoms with Gasteiger partial charge in [0.2, 0.25) is 0 Å². The van der Waals surface area contributed by atoms with Crippen LogP contribution in [0.2, 0.25) is 0 Å². The predicted molar refractivity (Wildman–Crippen MR) is 109 cm³/mol. The minimum Gasteiger partial charge on any atom is -0.444 e. The van der Waals surface area contributed by atoms with E-state index in [0.717, 1.165) is 0 Å². The van der Waals surface area contributed by atoms with Crippen molar-refractivity contribution in [3.8, 4) is 17.2 Å². The molecule has 0 aliphatic rings. The van der Waals surface area contributed by atoms with E-state index in [1.807, 2.05) is 6.07 Å². The number of hydrogen-bond donors (Lipinski definition) is 1. The molecule has 3 rings (SSSR count). The summed E-state index contributed by atoms with van der Waals surface area (Å²) in [7, 11) is 1.60. The summed E-state index contributed by atoms with van der Waals surface area (Å²) >= 11 is 0. The van der Waals surface area contributed by atoms with Gasteiger partial charge in [0.1, 0.15) is 17.5 Å². The summed E-state index contributed by atoms with van der Waals surface area (Å²) < 4.78 is 26.3.